The molecule has 0 aromatic heterocycles. The van der Waals surface area contributed by atoms with Crippen molar-refractivity contribution in [3.63, 3.8) is 0 Å². The van der Waals surface area contributed by atoms with E-state index in [2.05, 4.69) is 13.8 Å². The summed E-state index contributed by atoms with van der Waals surface area (Å²) in [4.78, 5) is 0. The van der Waals surface area contributed by atoms with E-state index in [0.29, 0.717) is 13.0 Å². The van der Waals surface area contributed by atoms with Crippen molar-refractivity contribution in [2.45, 2.75) is 58.4 Å². The molecule has 0 N–H and O–H groups in total. The molecule has 0 aliphatic heterocycles. The van der Waals surface area contributed by atoms with Crippen molar-refractivity contribution in [1.82, 2.24) is 0 Å². The molecule has 2 atom stereocenters. The molecule has 0 aromatic rings. The summed E-state index contributed by atoms with van der Waals surface area (Å²) in [6, 6.07) is 0. The lowest BCUT2D eigenvalue weighted by Crippen LogP contribution is -2.30. The highest BCUT2D eigenvalue weighted by molar-refractivity contribution is 4.53. The summed E-state index contributed by atoms with van der Waals surface area (Å²) in [5.41, 5.74) is 0. The van der Waals surface area contributed by atoms with Gasteiger partial charge in [-0.25, -0.2) is 0 Å². The zero-order chi connectivity index (χ0) is 13.8. The van der Waals surface area contributed by atoms with E-state index in [1.165, 1.54) is 0 Å². The predicted molar refractivity (Wildman–Crippen MR) is 69.2 cm³/mol. The van der Waals surface area contributed by atoms with Gasteiger partial charge in [0.1, 0.15) is 0 Å². The van der Waals surface area contributed by atoms with Crippen LogP contribution in [0, 0.1) is 0 Å². The second-order valence-electron chi connectivity index (χ2n) is 4.03. The van der Waals surface area contributed by atoms with E-state index in [0.717, 1.165) is 19.3 Å². The molecule has 0 radical (unpaired) electrons. The molecule has 0 aliphatic carbocycles. The van der Waals surface area contributed by atoms with Crippen molar-refractivity contribution in [1.29, 1.82) is 0 Å². The predicted octanol–water partition coefficient (Wildman–Crippen LogP) is 2.54. The minimum Gasteiger partial charge on any atom is -0.356 e. The lowest BCUT2D eigenvalue weighted by atomic mass is 10.3. The van der Waals surface area contributed by atoms with Crippen LogP contribution in [-0.2, 0) is 23.7 Å². The lowest BCUT2D eigenvalue weighted by molar-refractivity contribution is -0.260. The number of rotatable bonds is 12. The Hall–Kier alpha value is -0.200. The molecule has 0 rings (SSSR count). The van der Waals surface area contributed by atoms with E-state index in [-0.39, 0.29) is 18.9 Å². The molecule has 5 heteroatoms. The van der Waals surface area contributed by atoms with Crippen LogP contribution in [0.1, 0.15) is 39.5 Å². The molecule has 110 valence electrons. The molecular weight excluding hydrogens is 236 g/mol. The third-order valence-electron chi connectivity index (χ3n) is 2.51. The van der Waals surface area contributed by atoms with Crippen LogP contribution in [0.4, 0.5) is 0 Å². The van der Waals surface area contributed by atoms with E-state index in [9.17, 15) is 0 Å². The van der Waals surface area contributed by atoms with E-state index in [1.807, 2.05) is 0 Å². The van der Waals surface area contributed by atoms with Crippen LogP contribution < -0.4 is 0 Å². The first-order chi connectivity index (χ1) is 8.71. The van der Waals surface area contributed by atoms with Gasteiger partial charge < -0.3 is 23.7 Å². The molecule has 0 amide bonds. The van der Waals surface area contributed by atoms with Crippen LogP contribution in [0.15, 0.2) is 0 Å². The maximum Gasteiger partial charge on any atom is 0.165 e. The van der Waals surface area contributed by atoms with Crippen LogP contribution in [0.25, 0.3) is 0 Å². The molecule has 0 fully saturated rings. The second-order valence-corrected chi connectivity index (χ2v) is 4.03. The Kier molecular flexibility index (Phi) is 11.7. The smallest absolute Gasteiger partial charge is 0.165 e. The molecule has 0 saturated carbocycles. The second kappa shape index (κ2) is 11.9. The lowest BCUT2D eigenvalue weighted by Gasteiger charge is -2.26. The van der Waals surface area contributed by atoms with Crippen LogP contribution >= 0.6 is 0 Å². The molecule has 5 nitrogen and oxygen atoms in total. The Morgan fingerprint density at radius 3 is 1.83 bits per heavy atom. The fourth-order valence-electron chi connectivity index (χ4n) is 1.50. The van der Waals surface area contributed by atoms with Gasteiger partial charge in [-0.2, -0.15) is 0 Å². The molecule has 18 heavy (non-hydrogen) atoms. The SMILES string of the molecule is CCCOC(CCC)OC(CC(OC)OC)OC. The number of hydrogen-bond donors (Lipinski definition) is 0. The number of ether oxygens (including phenoxy) is 5. The summed E-state index contributed by atoms with van der Waals surface area (Å²) < 4.78 is 26.9. The molecule has 0 heterocycles. The monoisotopic (exact) mass is 264 g/mol. The van der Waals surface area contributed by atoms with Gasteiger partial charge in [0.25, 0.3) is 0 Å². The average Bonchev–Trinajstić information content (AvgIpc) is 2.40. The molecule has 0 spiro atoms. The first-order valence-corrected chi connectivity index (χ1v) is 6.57. The van der Waals surface area contributed by atoms with Gasteiger partial charge in [-0.15, -0.1) is 0 Å². The third-order valence-corrected chi connectivity index (χ3v) is 2.51. The standard InChI is InChI=1S/C13H28O5/c1-6-8-11(17-9-7-2)18-13(16-5)10-12(14-3)15-4/h11-13H,6-10H2,1-5H3. The van der Waals surface area contributed by atoms with Crippen molar-refractivity contribution in [3.8, 4) is 0 Å². The largest absolute Gasteiger partial charge is 0.356 e. The number of hydrogen-bond acceptors (Lipinski definition) is 5. The minimum atomic E-state index is -0.386. The normalized spacial score (nSPS) is 15.0. The summed E-state index contributed by atoms with van der Waals surface area (Å²) >= 11 is 0. The summed E-state index contributed by atoms with van der Waals surface area (Å²) in [7, 11) is 4.80. The Labute approximate surface area is 111 Å². The first-order valence-electron chi connectivity index (χ1n) is 6.57. The van der Waals surface area contributed by atoms with Gasteiger partial charge in [-0.1, -0.05) is 20.3 Å². The van der Waals surface area contributed by atoms with Gasteiger partial charge in [0.15, 0.2) is 18.9 Å². The molecule has 0 bridgehead atoms. The topological polar surface area (TPSA) is 46.2 Å². The molecular formula is C13H28O5. The molecule has 0 saturated heterocycles. The van der Waals surface area contributed by atoms with Gasteiger partial charge in [-0.05, 0) is 12.8 Å². The first kappa shape index (κ1) is 17.8. The van der Waals surface area contributed by atoms with Crippen LogP contribution in [-0.4, -0.2) is 46.8 Å². The number of methoxy groups -OCH3 is 3. The van der Waals surface area contributed by atoms with Crippen molar-refractivity contribution in [2.24, 2.45) is 0 Å². The van der Waals surface area contributed by atoms with E-state index >= 15 is 0 Å². The average molecular weight is 264 g/mol. The van der Waals surface area contributed by atoms with Gasteiger partial charge in [0.2, 0.25) is 0 Å². The third kappa shape index (κ3) is 8.00. The molecule has 0 aromatic carbocycles. The Balaban J connectivity index is 4.17. The van der Waals surface area contributed by atoms with E-state index in [1.54, 1.807) is 21.3 Å². The highest BCUT2D eigenvalue weighted by atomic mass is 16.8. The van der Waals surface area contributed by atoms with Gasteiger partial charge >= 0.3 is 0 Å². The highest BCUT2D eigenvalue weighted by Gasteiger charge is 2.20. The molecule has 0 aliphatic rings. The fourth-order valence-corrected chi connectivity index (χ4v) is 1.50. The van der Waals surface area contributed by atoms with Crippen LogP contribution in [0.3, 0.4) is 0 Å². The van der Waals surface area contributed by atoms with Gasteiger partial charge in [0.05, 0.1) is 0 Å². The minimum absolute atomic E-state index is 0.228. The van der Waals surface area contributed by atoms with Crippen molar-refractivity contribution >= 4 is 0 Å². The van der Waals surface area contributed by atoms with Crippen molar-refractivity contribution in [3.05, 3.63) is 0 Å². The fraction of sp³-hybridized carbons (Fsp3) is 1.00. The molecule has 2 unspecified atom stereocenters. The van der Waals surface area contributed by atoms with Crippen molar-refractivity contribution in [2.75, 3.05) is 27.9 Å². The summed E-state index contributed by atoms with van der Waals surface area (Å²) in [6.45, 7) is 4.86. The highest BCUT2D eigenvalue weighted by Crippen LogP contribution is 2.14. The van der Waals surface area contributed by atoms with Crippen molar-refractivity contribution < 1.29 is 23.7 Å². The van der Waals surface area contributed by atoms with Crippen LogP contribution in [0.5, 0.6) is 0 Å². The Bertz CT molecular complexity index is 173. The maximum atomic E-state index is 5.77. The van der Waals surface area contributed by atoms with E-state index in [4.69, 9.17) is 23.7 Å². The zero-order valence-corrected chi connectivity index (χ0v) is 12.3. The Morgan fingerprint density at radius 2 is 1.39 bits per heavy atom. The summed E-state index contributed by atoms with van der Waals surface area (Å²) in [5.74, 6) is 0. The summed E-state index contributed by atoms with van der Waals surface area (Å²) in [5, 5.41) is 0. The van der Waals surface area contributed by atoms with Gasteiger partial charge in [0, 0.05) is 34.4 Å². The van der Waals surface area contributed by atoms with E-state index < -0.39 is 0 Å². The maximum absolute atomic E-state index is 5.77. The zero-order valence-electron chi connectivity index (χ0n) is 12.3. The van der Waals surface area contributed by atoms with Crippen LogP contribution in [0.2, 0.25) is 0 Å². The quantitative estimate of drug-likeness (QED) is 0.507. The summed E-state index contributed by atoms with van der Waals surface area (Å²) in [6.07, 6.45) is 2.40. The Morgan fingerprint density at radius 1 is 0.778 bits per heavy atom. The van der Waals surface area contributed by atoms with Gasteiger partial charge in [-0.3, -0.25) is 0 Å².